The van der Waals surface area contributed by atoms with Crippen LogP contribution in [0.3, 0.4) is 0 Å². The fourth-order valence-electron chi connectivity index (χ4n) is 3.06. The molecule has 0 spiro atoms. The minimum Gasteiger partial charge on any atom is -0.464 e. The topological polar surface area (TPSA) is 42.4 Å². The molecule has 3 rings (SSSR count). The van der Waals surface area contributed by atoms with Crippen molar-refractivity contribution in [3.05, 3.63) is 16.1 Å². The maximum atomic E-state index is 11.7. The van der Waals surface area contributed by atoms with E-state index in [0.29, 0.717) is 18.4 Å². The summed E-state index contributed by atoms with van der Waals surface area (Å²) in [6.45, 7) is 6.91. The van der Waals surface area contributed by atoms with Crippen LogP contribution in [0.4, 0.5) is 0 Å². The number of hydrogen-bond donors (Lipinski definition) is 0. The lowest BCUT2D eigenvalue weighted by molar-refractivity contribution is -0.142. The van der Waals surface area contributed by atoms with Crippen molar-refractivity contribution in [2.24, 2.45) is 0 Å². The van der Waals surface area contributed by atoms with Gasteiger partial charge in [0.15, 0.2) is 0 Å². The predicted octanol–water partition coefficient (Wildman–Crippen LogP) is 2.76. The Labute approximate surface area is 124 Å². The average Bonchev–Trinajstić information content (AvgIpc) is 3.07. The second-order valence-corrected chi connectivity index (χ2v) is 6.96. The molecule has 2 fully saturated rings. The molecule has 2 saturated heterocycles. The Morgan fingerprint density at radius 3 is 2.95 bits per heavy atom. The number of thiazole rings is 1. The summed E-state index contributed by atoms with van der Waals surface area (Å²) in [6, 6.07) is -0.0117. The van der Waals surface area contributed by atoms with Gasteiger partial charge in [-0.2, -0.15) is 0 Å². The van der Waals surface area contributed by atoms with Crippen LogP contribution in [0.15, 0.2) is 5.38 Å². The van der Waals surface area contributed by atoms with Crippen LogP contribution in [-0.2, 0) is 9.53 Å². The molecule has 1 aromatic rings. The molecule has 0 aliphatic carbocycles. The van der Waals surface area contributed by atoms with Crippen LogP contribution in [0.1, 0.15) is 55.6 Å². The van der Waals surface area contributed by atoms with Gasteiger partial charge in [-0.15, -0.1) is 11.3 Å². The number of nitrogens with zero attached hydrogens (tertiary/aromatic N) is 2. The van der Waals surface area contributed by atoms with Gasteiger partial charge in [0.1, 0.15) is 6.04 Å². The Hall–Kier alpha value is -0.940. The molecule has 0 saturated carbocycles. The van der Waals surface area contributed by atoms with Crippen molar-refractivity contribution in [1.82, 2.24) is 9.88 Å². The highest BCUT2D eigenvalue weighted by Crippen LogP contribution is 2.32. The van der Waals surface area contributed by atoms with E-state index in [2.05, 4.69) is 24.1 Å². The van der Waals surface area contributed by atoms with Crippen molar-refractivity contribution in [3.8, 4) is 0 Å². The van der Waals surface area contributed by atoms with Crippen LogP contribution < -0.4 is 0 Å². The molecular formula is C15H22N2O2S. The van der Waals surface area contributed by atoms with Crippen molar-refractivity contribution < 1.29 is 9.53 Å². The Bertz CT molecular complexity index is 486. The molecule has 2 aliphatic rings. The van der Waals surface area contributed by atoms with E-state index in [0.717, 1.165) is 25.9 Å². The van der Waals surface area contributed by atoms with Crippen LogP contribution >= 0.6 is 11.3 Å². The Morgan fingerprint density at radius 1 is 1.45 bits per heavy atom. The van der Waals surface area contributed by atoms with Gasteiger partial charge >= 0.3 is 5.97 Å². The number of carbonyl (C=O) groups excluding carboxylic acids is 1. The lowest BCUT2D eigenvalue weighted by Gasteiger charge is -2.34. The number of aromatic nitrogens is 1. The zero-order valence-corrected chi connectivity index (χ0v) is 13.0. The number of piperidine rings is 1. The molecule has 2 atom stereocenters. The van der Waals surface area contributed by atoms with Crippen molar-refractivity contribution in [2.75, 3.05) is 19.7 Å². The third-order valence-electron chi connectivity index (χ3n) is 4.28. The standard InChI is InChI=1S/C15H22N2O2S/c1-10(2)12-9-20-14(16-12)11-4-3-6-17(8-11)13-5-7-19-15(13)18/h9-11,13H,3-8H2,1-2H3/t11-,13+/m1/s1. The van der Waals surface area contributed by atoms with E-state index in [1.165, 1.54) is 17.1 Å². The number of likely N-dealkylation sites (tertiary alicyclic amines) is 1. The molecule has 0 aromatic carbocycles. The number of carbonyl (C=O) groups is 1. The molecule has 20 heavy (non-hydrogen) atoms. The van der Waals surface area contributed by atoms with Gasteiger partial charge in [0, 0.05) is 24.3 Å². The summed E-state index contributed by atoms with van der Waals surface area (Å²) in [5.41, 5.74) is 1.20. The van der Waals surface area contributed by atoms with E-state index in [4.69, 9.17) is 9.72 Å². The SMILES string of the molecule is CC(C)c1csc([C@@H]2CCCN([C@H]3CCOC3=O)C2)n1. The van der Waals surface area contributed by atoms with Crippen LogP contribution in [0.2, 0.25) is 0 Å². The Morgan fingerprint density at radius 2 is 2.30 bits per heavy atom. The van der Waals surface area contributed by atoms with Crippen molar-refractivity contribution in [2.45, 2.75) is 51.0 Å². The summed E-state index contributed by atoms with van der Waals surface area (Å²) >= 11 is 1.78. The minimum absolute atomic E-state index is 0.0117. The van der Waals surface area contributed by atoms with Gasteiger partial charge in [-0.3, -0.25) is 9.69 Å². The number of esters is 1. The monoisotopic (exact) mass is 294 g/mol. The fraction of sp³-hybridized carbons (Fsp3) is 0.733. The molecule has 0 amide bonds. The van der Waals surface area contributed by atoms with Gasteiger partial charge < -0.3 is 4.74 Å². The number of cyclic esters (lactones) is 1. The maximum absolute atomic E-state index is 11.7. The van der Waals surface area contributed by atoms with Gasteiger partial charge in [-0.25, -0.2) is 4.98 Å². The largest absolute Gasteiger partial charge is 0.464 e. The van der Waals surface area contributed by atoms with Gasteiger partial charge in [-0.05, 0) is 25.3 Å². The second kappa shape index (κ2) is 5.82. The summed E-state index contributed by atoms with van der Waals surface area (Å²) in [7, 11) is 0. The maximum Gasteiger partial charge on any atom is 0.323 e. The summed E-state index contributed by atoms with van der Waals surface area (Å²) in [4.78, 5) is 18.8. The molecule has 1 aromatic heterocycles. The average molecular weight is 294 g/mol. The first-order valence-corrected chi connectivity index (χ1v) is 8.39. The third-order valence-corrected chi connectivity index (χ3v) is 5.31. The first-order chi connectivity index (χ1) is 9.65. The van der Waals surface area contributed by atoms with Gasteiger partial charge in [-0.1, -0.05) is 13.8 Å². The normalized spacial score (nSPS) is 28.1. The highest BCUT2D eigenvalue weighted by Gasteiger charge is 2.35. The lowest BCUT2D eigenvalue weighted by Crippen LogP contribution is -2.44. The van der Waals surface area contributed by atoms with E-state index >= 15 is 0 Å². The summed E-state index contributed by atoms with van der Waals surface area (Å²) in [5.74, 6) is 0.937. The van der Waals surface area contributed by atoms with Crippen LogP contribution in [-0.4, -0.2) is 41.6 Å². The molecule has 110 valence electrons. The molecule has 4 nitrogen and oxygen atoms in total. The molecule has 0 radical (unpaired) electrons. The zero-order valence-electron chi connectivity index (χ0n) is 12.2. The molecule has 2 aliphatic heterocycles. The van der Waals surface area contributed by atoms with Crippen molar-refractivity contribution >= 4 is 17.3 Å². The molecule has 3 heterocycles. The molecular weight excluding hydrogens is 272 g/mol. The van der Waals surface area contributed by atoms with Crippen LogP contribution in [0.5, 0.6) is 0 Å². The first-order valence-electron chi connectivity index (χ1n) is 7.51. The zero-order chi connectivity index (χ0) is 14.1. The van der Waals surface area contributed by atoms with E-state index < -0.39 is 0 Å². The Kier molecular flexibility index (Phi) is 4.08. The van der Waals surface area contributed by atoms with E-state index in [1.54, 1.807) is 11.3 Å². The first kappa shape index (κ1) is 14.0. The molecule has 0 bridgehead atoms. The fourth-order valence-corrected chi connectivity index (χ4v) is 4.17. The smallest absolute Gasteiger partial charge is 0.323 e. The quantitative estimate of drug-likeness (QED) is 0.804. The van der Waals surface area contributed by atoms with E-state index in [9.17, 15) is 4.79 Å². The van der Waals surface area contributed by atoms with Gasteiger partial charge in [0.05, 0.1) is 17.3 Å². The van der Waals surface area contributed by atoms with E-state index in [1.807, 2.05) is 0 Å². The second-order valence-electron chi connectivity index (χ2n) is 6.07. The van der Waals surface area contributed by atoms with E-state index in [-0.39, 0.29) is 12.0 Å². The molecule has 0 N–H and O–H groups in total. The van der Waals surface area contributed by atoms with Crippen LogP contribution in [0.25, 0.3) is 0 Å². The van der Waals surface area contributed by atoms with Gasteiger partial charge in [0.2, 0.25) is 0 Å². The molecule has 0 unspecified atom stereocenters. The van der Waals surface area contributed by atoms with Crippen molar-refractivity contribution in [3.63, 3.8) is 0 Å². The summed E-state index contributed by atoms with van der Waals surface area (Å²) in [6.07, 6.45) is 3.18. The predicted molar refractivity (Wildman–Crippen MR) is 79.1 cm³/mol. The number of hydrogen-bond acceptors (Lipinski definition) is 5. The molecule has 5 heteroatoms. The lowest BCUT2D eigenvalue weighted by atomic mass is 9.97. The number of rotatable bonds is 3. The number of ether oxygens (including phenoxy) is 1. The highest BCUT2D eigenvalue weighted by molar-refractivity contribution is 7.09. The van der Waals surface area contributed by atoms with Crippen molar-refractivity contribution in [1.29, 1.82) is 0 Å². The third kappa shape index (κ3) is 2.74. The minimum atomic E-state index is -0.0346. The highest BCUT2D eigenvalue weighted by atomic mass is 32.1. The Balaban J connectivity index is 1.69. The summed E-state index contributed by atoms with van der Waals surface area (Å²) in [5, 5.41) is 3.42. The van der Waals surface area contributed by atoms with Gasteiger partial charge in [0.25, 0.3) is 0 Å². The summed E-state index contributed by atoms with van der Waals surface area (Å²) < 4.78 is 5.10. The van der Waals surface area contributed by atoms with Crippen LogP contribution in [0, 0.1) is 0 Å².